The summed E-state index contributed by atoms with van der Waals surface area (Å²) in [4.78, 5) is 2.75. The van der Waals surface area contributed by atoms with Crippen LogP contribution in [0.3, 0.4) is 0 Å². The van der Waals surface area contributed by atoms with Crippen LogP contribution in [-0.2, 0) is 21.7 Å². The van der Waals surface area contributed by atoms with E-state index < -0.39 is 0 Å². The molecule has 8 aromatic carbocycles. The molecule has 13 rings (SSSR count). The van der Waals surface area contributed by atoms with Crippen LogP contribution in [0.2, 0.25) is 0 Å². The van der Waals surface area contributed by atoms with Crippen LogP contribution in [0, 0.1) is 0 Å². The molecule has 0 saturated carbocycles. The van der Waals surface area contributed by atoms with E-state index in [1.54, 1.807) is 0 Å². The predicted molar refractivity (Wildman–Crippen MR) is 278 cm³/mol. The summed E-state index contributed by atoms with van der Waals surface area (Å²) in [5, 5.41) is 2.69. The molecular formula is C62H55BN2. The molecule has 3 heteroatoms. The number of nitrogens with zero attached hydrogens (tertiary/aromatic N) is 2. The normalized spacial score (nSPS) is 15.7. The smallest absolute Gasteiger partial charge is 0.333 e. The SMILES string of the molecule is CC(C)(C)c1ccc2c(c1)c1cc(C(C)(C)C)cc3c1n2-c1c2c(cc4c1C(C)(C)c1ccccc1-4)-c1cc4c(cc1N(c1ccc(-c5ccccc5)cc1)B23)C(C)(C)c1ccccc1-4. The van der Waals surface area contributed by atoms with Crippen LogP contribution in [0.4, 0.5) is 11.4 Å². The fourth-order valence-electron chi connectivity index (χ4n) is 12.6. The van der Waals surface area contributed by atoms with Gasteiger partial charge in [0, 0.05) is 44.2 Å². The summed E-state index contributed by atoms with van der Waals surface area (Å²) in [5.41, 5.74) is 27.7. The second-order valence-corrected chi connectivity index (χ2v) is 22.6. The molecule has 0 radical (unpaired) electrons. The topological polar surface area (TPSA) is 8.17 Å². The molecule has 0 atom stereocenters. The molecule has 2 aliphatic carbocycles. The van der Waals surface area contributed by atoms with Crippen LogP contribution >= 0.6 is 0 Å². The number of anilines is 2. The molecule has 1 aromatic heterocycles. The Morgan fingerprint density at radius 3 is 1.75 bits per heavy atom. The number of fused-ring (bicyclic) bond motifs is 14. The average Bonchev–Trinajstić information content (AvgIpc) is 3.83. The molecule has 9 aromatic rings. The quantitative estimate of drug-likeness (QED) is 0.157. The van der Waals surface area contributed by atoms with E-state index in [0.717, 1.165) is 0 Å². The van der Waals surface area contributed by atoms with Gasteiger partial charge in [-0.25, -0.2) is 0 Å². The molecule has 0 unspecified atom stereocenters. The summed E-state index contributed by atoms with van der Waals surface area (Å²) in [6.07, 6.45) is 0. The van der Waals surface area contributed by atoms with E-state index in [9.17, 15) is 0 Å². The molecule has 0 amide bonds. The van der Waals surface area contributed by atoms with Crippen molar-refractivity contribution in [1.82, 2.24) is 4.57 Å². The fourth-order valence-corrected chi connectivity index (χ4v) is 12.6. The second-order valence-electron chi connectivity index (χ2n) is 22.6. The molecule has 316 valence electrons. The number of aromatic nitrogens is 1. The van der Waals surface area contributed by atoms with Crippen molar-refractivity contribution in [2.24, 2.45) is 0 Å². The monoisotopic (exact) mass is 838 g/mol. The van der Waals surface area contributed by atoms with Crippen molar-refractivity contribution < 1.29 is 0 Å². The van der Waals surface area contributed by atoms with Crippen LogP contribution in [0.5, 0.6) is 0 Å². The number of hydrogen-bond acceptors (Lipinski definition) is 1. The Morgan fingerprint density at radius 2 is 1.06 bits per heavy atom. The third kappa shape index (κ3) is 5.08. The van der Waals surface area contributed by atoms with Crippen LogP contribution < -0.4 is 15.7 Å². The summed E-state index contributed by atoms with van der Waals surface area (Å²) in [5.74, 6) is 0. The maximum Gasteiger partial charge on any atom is 0.333 e. The van der Waals surface area contributed by atoms with Crippen molar-refractivity contribution in [2.75, 3.05) is 4.81 Å². The summed E-state index contributed by atoms with van der Waals surface area (Å²) in [7, 11) is 0. The molecule has 2 nitrogen and oxygen atoms in total. The van der Waals surface area contributed by atoms with E-state index in [2.05, 4.69) is 230 Å². The summed E-state index contributed by atoms with van der Waals surface area (Å²) < 4.78 is 2.73. The maximum atomic E-state index is 2.75. The first-order valence-electron chi connectivity index (χ1n) is 23.7. The lowest BCUT2D eigenvalue weighted by atomic mass is 9.43. The molecular weight excluding hydrogens is 784 g/mol. The third-order valence-electron chi connectivity index (χ3n) is 16.0. The van der Waals surface area contributed by atoms with Crippen molar-refractivity contribution in [1.29, 1.82) is 0 Å². The lowest BCUT2D eigenvalue weighted by Gasteiger charge is -2.44. The van der Waals surface area contributed by atoms with Gasteiger partial charge in [-0.2, -0.15) is 0 Å². The minimum absolute atomic E-state index is 0.00578. The highest BCUT2D eigenvalue weighted by molar-refractivity contribution is 6.93. The van der Waals surface area contributed by atoms with Gasteiger partial charge in [-0.1, -0.05) is 172 Å². The van der Waals surface area contributed by atoms with Crippen LogP contribution in [0.25, 0.3) is 72.0 Å². The number of rotatable bonds is 2. The summed E-state index contributed by atoms with van der Waals surface area (Å²) >= 11 is 0. The standard InChI is InChI=1S/C62H55BN2/c1-59(2,3)38-26-29-53-44(30-38)48-31-39(60(4,5)6)32-52-57(48)64(53)58-55-46(42-21-15-17-23-50(42)62(55,9)10)34-47-45-33-43-41-20-14-16-22-49(41)61(7,8)51(43)35-54(45)65(63(52)56(47)58)40-27-24-37(25-28-40)36-18-12-11-13-19-36/h11-35H,1-10H3. The summed E-state index contributed by atoms with van der Waals surface area (Å²) in [6.45, 7) is 23.9. The Morgan fingerprint density at radius 1 is 0.462 bits per heavy atom. The molecule has 0 fully saturated rings. The molecule has 0 N–H and O–H groups in total. The molecule has 0 spiro atoms. The van der Waals surface area contributed by atoms with E-state index in [0.29, 0.717) is 0 Å². The van der Waals surface area contributed by atoms with E-state index in [1.807, 2.05) is 0 Å². The van der Waals surface area contributed by atoms with E-state index >= 15 is 0 Å². The van der Waals surface area contributed by atoms with E-state index in [-0.39, 0.29) is 28.5 Å². The highest BCUT2D eigenvalue weighted by Crippen LogP contribution is 2.58. The van der Waals surface area contributed by atoms with Crippen molar-refractivity contribution in [3.05, 3.63) is 185 Å². The number of hydrogen-bond donors (Lipinski definition) is 0. The Kier molecular flexibility index (Phi) is 7.53. The van der Waals surface area contributed by atoms with Crippen LogP contribution in [-0.4, -0.2) is 11.4 Å². The zero-order valence-electron chi connectivity index (χ0n) is 39.4. The molecule has 65 heavy (non-hydrogen) atoms. The Hall–Kier alpha value is -6.58. The minimum Gasteiger partial charge on any atom is -0.376 e. The first-order chi connectivity index (χ1) is 31.0. The largest absolute Gasteiger partial charge is 0.376 e. The van der Waals surface area contributed by atoms with Gasteiger partial charge >= 0.3 is 6.85 Å². The number of benzene rings is 8. The van der Waals surface area contributed by atoms with E-state index in [1.165, 1.54) is 128 Å². The zero-order valence-corrected chi connectivity index (χ0v) is 39.4. The summed E-state index contributed by atoms with van der Waals surface area (Å²) in [6, 6.07) is 58.9. The highest BCUT2D eigenvalue weighted by Gasteiger charge is 2.50. The van der Waals surface area contributed by atoms with Gasteiger partial charge in [0.05, 0.1) is 11.0 Å². The van der Waals surface area contributed by atoms with Crippen molar-refractivity contribution >= 4 is 51.0 Å². The fraction of sp³-hybridized carbons (Fsp3) is 0.226. The van der Waals surface area contributed by atoms with Crippen molar-refractivity contribution in [3.63, 3.8) is 0 Å². The first-order valence-corrected chi connectivity index (χ1v) is 23.7. The highest BCUT2D eigenvalue weighted by atomic mass is 15.1. The van der Waals surface area contributed by atoms with Gasteiger partial charge in [0.25, 0.3) is 0 Å². The Labute approximate surface area is 384 Å². The lowest BCUT2D eigenvalue weighted by molar-refractivity contribution is 0.590. The molecule has 0 saturated heterocycles. The Balaban J connectivity index is 1.23. The van der Waals surface area contributed by atoms with Gasteiger partial charge in [0.15, 0.2) is 0 Å². The molecule has 0 bridgehead atoms. The molecule has 3 heterocycles. The minimum atomic E-state index is -0.235. The molecule has 2 aliphatic heterocycles. The van der Waals surface area contributed by atoms with Crippen molar-refractivity contribution in [3.8, 4) is 50.2 Å². The maximum absolute atomic E-state index is 2.75. The Bertz CT molecular complexity index is 3550. The average molecular weight is 839 g/mol. The van der Waals surface area contributed by atoms with Gasteiger partial charge in [-0.05, 0) is 143 Å². The second kappa shape index (κ2) is 12.6. The van der Waals surface area contributed by atoms with Gasteiger partial charge in [-0.3, -0.25) is 0 Å². The van der Waals surface area contributed by atoms with Crippen LogP contribution in [0.15, 0.2) is 152 Å². The zero-order chi connectivity index (χ0) is 44.7. The van der Waals surface area contributed by atoms with E-state index in [4.69, 9.17) is 0 Å². The van der Waals surface area contributed by atoms with Gasteiger partial charge < -0.3 is 9.38 Å². The predicted octanol–water partition coefficient (Wildman–Crippen LogP) is 14.9. The molecule has 4 aliphatic rings. The van der Waals surface area contributed by atoms with Gasteiger partial charge in [0.1, 0.15) is 0 Å². The lowest BCUT2D eigenvalue weighted by Crippen LogP contribution is -2.61. The first kappa shape index (κ1) is 38.8. The van der Waals surface area contributed by atoms with Gasteiger partial charge in [0.2, 0.25) is 0 Å². The van der Waals surface area contributed by atoms with Crippen molar-refractivity contribution in [2.45, 2.75) is 90.9 Å². The van der Waals surface area contributed by atoms with Crippen LogP contribution in [0.1, 0.15) is 103 Å². The third-order valence-corrected chi connectivity index (χ3v) is 16.0. The van der Waals surface area contributed by atoms with Gasteiger partial charge in [-0.15, -0.1) is 0 Å².